The van der Waals surface area contributed by atoms with Crippen LogP contribution in [-0.4, -0.2) is 47.8 Å². The minimum atomic E-state index is -0.748. The summed E-state index contributed by atoms with van der Waals surface area (Å²) < 4.78 is 14.7. The van der Waals surface area contributed by atoms with Gasteiger partial charge < -0.3 is 9.80 Å². The quantitative estimate of drug-likeness (QED) is 0.679. The first-order chi connectivity index (χ1) is 16.0. The molecule has 0 N–H and O–H groups in total. The number of rotatable bonds is 4. The molecule has 174 valence electrons. The van der Waals surface area contributed by atoms with Gasteiger partial charge in [0.2, 0.25) is 11.8 Å². The third kappa shape index (κ3) is 3.75. The molecule has 5 rings (SSSR count). The molecule has 2 heterocycles. The van der Waals surface area contributed by atoms with E-state index in [1.165, 1.54) is 11.6 Å². The second-order valence-corrected chi connectivity index (χ2v) is 10.3. The summed E-state index contributed by atoms with van der Waals surface area (Å²) in [6.45, 7) is 1.15. The molecule has 3 aliphatic rings. The highest BCUT2D eigenvalue weighted by Gasteiger charge is 2.53. The molecule has 1 saturated carbocycles. The first-order valence-corrected chi connectivity index (χ1v) is 12.3. The lowest BCUT2D eigenvalue weighted by Crippen LogP contribution is -2.52. The Kier molecular flexibility index (Phi) is 5.75. The summed E-state index contributed by atoms with van der Waals surface area (Å²) in [6.07, 6.45) is 6.40. The van der Waals surface area contributed by atoms with Gasteiger partial charge in [0.1, 0.15) is 5.82 Å². The summed E-state index contributed by atoms with van der Waals surface area (Å²) in [5, 5.41) is 0. The number of benzene rings is 2. The maximum atomic E-state index is 14.7. The van der Waals surface area contributed by atoms with E-state index in [2.05, 4.69) is 12.1 Å². The largest absolute Gasteiger partial charge is 0.342 e. The molecule has 1 aliphatic carbocycles. The lowest BCUT2D eigenvalue weighted by Gasteiger charge is -2.42. The molecular weight excluding hydrogens is 415 g/mol. The van der Waals surface area contributed by atoms with E-state index in [-0.39, 0.29) is 29.1 Å². The molecule has 33 heavy (non-hydrogen) atoms. The van der Waals surface area contributed by atoms with Crippen molar-refractivity contribution in [1.82, 2.24) is 9.80 Å². The van der Waals surface area contributed by atoms with Crippen LogP contribution in [0.25, 0.3) is 0 Å². The number of nitrogens with zero attached hydrogens (tertiary/aromatic N) is 2. The van der Waals surface area contributed by atoms with Crippen molar-refractivity contribution in [2.75, 3.05) is 20.1 Å². The molecule has 2 aromatic rings. The molecule has 2 saturated heterocycles. The van der Waals surface area contributed by atoms with Gasteiger partial charge in [-0.15, -0.1) is 0 Å². The van der Waals surface area contributed by atoms with Crippen LogP contribution in [0.2, 0.25) is 0 Å². The Labute approximate surface area is 195 Å². The average Bonchev–Trinajstić information content (AvgIpc) is 3.42. The Morgan fingerprint density at radius 2 is 1.61 bits per heavy atom. The van der Waals surface area contributed by atoms with Crippen molar-refractivity contribution in [2.24, 2.45) is 5.41 Å². The summed E-state index contributed by atoms with van der Waals surface area (Å²) in [5.74, 6) is -0.00243. The fourth-order valence-electron chi connectivity index (χ4n) is 6.60. The highest BCUT2D eigenvalue weighted by molar-refractivity contribution is 5.90. The number of carbonyl (C=O) groups is 2. The van der Waals surface area contributed by atoms with Crippen LogP contribution in [0.3, 0.4) is 0 Å². The second-order valence-electron chi connectivity index (χ2n) is 10.3. The molecule has 3 fully saturated rings. The van der Waals surface area contributed by atoms with Crippen LogP contribution >= 0.6 is 0 Å². The molecule has 5 heteroatoms. The van der Waals surface area contributed by atoms with Crippen molar-refractivity contribution in [3.63, 3.8) is 0 Å². The molecule has 2 amide bonds. The van der Waals surface area contributed by atoms with Crippen molar-refractivity contribution in [2.45, 2.75) is 62.8 Å². The van der Waals surface area contributed by atoms with E-state index in [4.69, 9.17) is 0 Å². The van der Waals surface area contributed by atoms with Crippen molar-refractivity contribution in [1.29, 1.82) is 0 Å². The van der Waals surface area contributed by atoms with Gasteiger partial charge in [-0.2, -0.15) is 0 Å². The molecule has 4 nitrogen and oxygen atoms in total. The monoisotopic (exact) mass is 448 g/mol. The van der Waals surface area contributed by atoms with Crippen molar-refractivity contribution >= 4 is 11.8 Å². The molecule has 0 bridgehead atoms. The van der Waals surface area contributed by atoms with Crippen LogP contribution in [0, 0.1) is 11.2 Å². The molecule has 0 radical (unpaired) electrons. The second kappa shape index (κ2) is 8.58. The lowest BCUT2D eigenvalue weighted by atomic mass is 9.73. The molecule has 1 spiro atoms. The Bertz CT molecular complexity index is 1020. The van der Waals surface area contributed by atoms with Crippen LogP contribution in [0.5, 0.6) is 0 Å². The first-order valence-electron chi connectivity index (χ1n) is 12.3. The summed E-state index contributed by atoms with van der Waals surface area (Å²) in [4.78, 5) is 31.0. The van der Waals surface area contributed by atoms with Crippen LogP contribution in [0.1, 0.15) is 56.1 Å². The van der Waals surface area contributed by atoms with Gasteiger partial charge in [0.15, 0.2) is 0 Å². The fourth-order valence-corrected chi connectivity index (χ4v) is 6.60. The number of likely N-dealkylation sites (tertiary alicyclic amines) is 2. The molecule has 0 unspecified atom stereocenters. The van der Waals surface area contributed by atoms with Crippen LogP contribution < -0.4 is 0 Å². The zero-order valence-electron chi connectivity index (χ0n) is 19.4. The zero-order valence-corrected chi connectivity index (χ0v) is 19.4. The highest BCUT2D eigenvalue weighted by atomic mass is 19.1. The molecule has 0 aromatic heterocycles. The summed E-state index contributed by atoms with van der Waals surface area (Å²) in [7, 11) is 1.92. The Balaban J connectivity index is 1.31. The summed E-state index contributed by atoms with van der Waals surface area (Å²) in [5.41, 5.74) is 0.681. The van der Waals surface area contributed by atoms with E-state index in [0.29, 0.717) is 44.3 Å². The third-order valence-electron chi connectivity index (χ3n) is 8.53. The van der Waals surface area contributed by atoms with Gasteiger partial charge in [0.05, 0.1) is 10.8 Å². The number of halogens is 1. The van der Waals surface area contributed by atoms with Gasteiger partial charge in [-0.3, -0.25) is 9.59 Å². The number of likely N-dealkylation sites (N-methyl/N-ethyl adjacent to an activating group) is 1. The predicted molar refractivity (Wildman–Crippen MR) is 126 cm³/mol. The predicted octanol–water partition coefficient (Wildman–Crippen LogP) is 4.72. The van der Waals surface area contributed by atoms with Gasteiger partial charge >= 0.3 is 0 Å². The van der Waals surface area contributed by atoms with Crippen molar-refractivity contribution < 1.29 is 14.0 Å². The van der Waals surface area contributed by atoms with E-state index >= 15 is 0 Å². The van der Waals surface area contributed by atoms with Crippen molar-refractivity contribution in [3.8, 4) is 0 Å². The topological polar surface area (TPSA) is 40.6 Å². The van der Waals surface area contributed by atoms with E-state index in [0.717, 1.165) is 25.7 Å². The molecular formula is C28H33FN2O2. The standard InChI is InChI=1S/C28H33FN2O2/c1-30-22(19-21-9-3-2-4-10-21)20-27(25(30)32)15-17-31(18-16-27)26(33)28(13-7-8-14-28)23-11-5-6-12-24(23)29/h2-6,9-12,22H,7-8,13-20H2,1H3/t22-/m0/s1. The average molecular weight is 449 g/mol. The van der Waals surface area contributed by atoms with E-state index < -0.39 is 5.41 Å². The number of hydrogen-bond donors (Lipinski definition) is 0. The minimum Gasteiger partial charge on any atom is -0.342 e. The third-order valence-corrected chi connectivity index (χ3v) is 8.53. The number of amides is 2. The molecule has 2 aromatic carbocycles. The lowest BCUT2D eigenvalue weighted by molar-refractivity contribution is -0.145. The Hall–Kier alpha value is -2.69. The SMILES string of the molecule is CN1C(=O)C2(CCN(C(=O)C3(c4ccccc4F)CCCC3)CC2)C[C@@H]1Cc1ccccc1. The highest BCUT2D eigenvalue weighted by Crippen LogP contribution is 2.48. The first kappa shape index (κ1) is 22.1. The fraction of sp³-hybridized carbons (Fsp3) is 0.500. The van der Waals surface area contributed by atoms with Crippen LogP contribution in [0.4, 0.5) is 4.39 Å². The van der Waals surface area contributed by atoms with E-state index in [9.17, 15) is 14.0 Å². The maximum Gasteiger partial charge on any atom is 0.233 e. The smallest absolute Gasteiger partial charge is 0.233 e. The van der Waals surface area contributed by atoms with E-state index in [1.807, 2.05) is 41.1 Å². The number of piperidine rings is 1. The Morgan fingerprint density at radius 3 is 2.27 bits per heavy atom. The normalized spacial score (nSPS) is 23.9. The van der Waals surface area contributed by atoms with Crippen LogP contribution in [-0.2, 0) is 21.4 Å². The van der Waals surface area contributed by atoms with Gasteiger partial charge in [0, 0.05) is 31.7 Å². The van der Waals surface area contributed by atoms with Crippen LogP contribution in [0.15, 0.2) is 54.6 Å². The minimum absolute atomic E-state index is 0.0552. The van der Waals surface area contributed by atoms with E-state index in [1.54, 1.807) is 12.1 Å². The number of hydrogen-bond acceptors (Lipinski definition) is 2. The molecule has 1 atom stereocenters. The summed E-state index contributed by atoms with van der Waals surface area (Å²) in [6, 6.07) is 17.3. The zero-order chi connectivity index (χ0) is 23.1. The Morgan fingerprint density at radius 1 is 0.970 bits per heavy atom. The summed E-state index contributed by atoms with van der Waals surface area (Å²) >= 11 is 0. The van der Waals surface area contributed by atoms with Gasteiger partial charge in [-0.05, 0) is 50.2 Å². The van der Waals surface area contributed by atoms with Crippen molar-refractivity contribution in [3.05, 3.63) is 71.5 Å². The van der Waals surface area contributed by atoms with Gasteiger partial charge in [-0.1, -0.05) is 61.4 Å². The molecule has 2 aliphatic heterocycles. The number of carbonyl (C=O) groups excluding carboxylic acids is 2. The maximum absolute atomic E-state index is 14.7. The van der Waals surface area contributed by atoms with Gasteiger partial charge in [0.25, 0.3) is 0 Å². The van der Waals surface area contributed by atoms with Gasteiger partial charge in [-0.25, -0.2) is 4.39 Å².